The summed E-state index contributed by atoms with van der Waals surface area (Å²) in [6, 6.07) is 6.21. The highest BCUT2D eigenvalue weighted by Crippen LogP contribution is 2.33. The minimum atomic E-state index is -4.60. The molecule has 1 atom stereocenters. The van der Waals surface area contributed by atoms with Crippen molar-refractivity contribution in [2.45, 2.75) is 12.2 Å². The standard InChI is InChI=1S/C14H13F3N2O2/c1-21-10-6-4-9(5-7-10)12(14(15,16)17)19-13(20)11-3-2-8-18-11/h2-8,12,18H,1H3,(H,19,20)/t12-/m0/s1. The molecule has 21 heavy (non-hydrogen) atoms. The number of hydrogen-bond acceptors (Lipinski definition) is 2. The van der Waals surface area contributed by atoms with E-state index >= 15 is 0 Å². The molecule has 0 aliphatic carbocycles. The van der Waals surface area contributed by atoms with E-state index in [1.54, 1.807) is 0 Å². The lowest BCUT2D eigenvalue weighted by Gasteiger charge is -2.22. The Balaban J connectivity index is 2.24. The van der Waals surface area contributed by atoms with E-state index in [4.69, 9.17) is 4.74 Å². The predicted molar refractivity (Wildman–Crippen MR) is 70.0 cm³/mol. The van der Waals surface area contributed by atoms with E-state index < -0.39 is 18.1 Å². The third-order valence-corrected chi connectivity index (χ3v) is 2.89. The Labute approximate surface area is 118 Å². The molecular weight excluding hydrogens is 285 g/mol. The molecule has 1 aromatic heterocycles. The maximum atomic E-state index is 13.1. The first kappa shape index (κ1) is 15.0. The van der Waals surface area contributed by atoms with E-state index in [1.165, 1.54) is 49.7 Å². The normalized spacial score (nSPS) is 12.8. The van der Waals surface area contributed by atoms with E-state index in [1.807, 2.05) is 5.32 Å². The van der Waals surface area contributed by atoms with Crippen LogP contribution >= 0.6 is 0 Å². The van der Waals surface area contributed by atoms with Crippen LogP contribution in [0.25, 0.3) is 0 Å². The fourth-order valence-corrected chi connectivity index (χ4v) is 1.83. The highest BCUT2D eigenvalue weighted by Gasteiger charge is 2.42. The molecule has 0 saturated carbocycles. The van der Waals surface area contributed by atoms with Crippen LogP contribution < -0.4 is 10.1 Å². The number of aromatic amines is 1. The Morgan fingerprint density at radius 3 is 2.38 bits per heavy atom. The first-order chi connectivity index (χ1) is 9.91. The van der Waals surface area contributed by atoms with Crippen molar-refractivity contribution >= 4 is 5.91 Å². The Morgan fingerprint density at radius 1 is 1.24 bits per heavy atom. The highest BCUT2D eigenvalue weighted by molar-refractivity contribution is 5.92. The zero-order valence-corrected chi connectivity index (χ0v) is 11.1. The van der Waals surface area contributed by atoms with E-state index in [2.05, 4.69) is 4.98 Å². The molecule has 2 N–H and O–H groups in total. The number of ether oxygens (including phenoxy) is 1. The monoisotopic (exact) mass is 298 g/mol. The average molecular weight is 298 g/mol. The first-order valence-electron chi connectivity index (χ1n) is 6.06. The molecule has 2 rings (SSSR count). The maximum absolute atomic E-state index is 13.1. The van der Waals surface area contributed by atoms with Gasteiger partial charge in [-0.2, -0.15) is 13.2 Å². The second kappa shape index (κ2) is 5.90. The van der Waals surface area contributed by atoms with Gasteiger partial charge in [-0.05, 0) is 29.8 Å². The number of carbonyl (C=O) groups is 1. The van der Waals surface area contributed by atoms with Crippen molar-refractivity contribution in [1.29, 1.82) is 0 Å². The van der Waals surface area contributed by atoms with Crippen molar-refractivity contribution in [2.75, 3.05) is 7.11 Å². The largest absolute Gasteiger partial charge is 0.497 e. The van der Waals surface area contributed by atoms with Gasteiger partial charge in [0.15, 0.2) is 6.04 Å². The maximum Gasteiger partial charge on any atom is 0.412 e. The summed E-state index contributed by atoms with van der Waals surface area (Å²) in [5.41, 5.74) is 0.000896. The molecule has 0 unspecified atom stereocenters. The summed E-state index contributed by atoms with van der Waals surface area (Å²) in [7, 11) is 1.42. The molecule has 7 heteroatoms. The number of hydrogen-bond donors (Lipinski definition) is 2. The molecule has 4 nitrogen and oxygen atoms in total. The molecule has 0 aliphatic heterocycles. The average Bonchev–Trinajstić information content (AvgIpc) is 2.98. The number of amides is 1. The molecule has 0 saturated heterocycles. The second-order valence-corrected chi connectivity index (χ2v) is 4.31. The minimum absolute atomic E-state index is 0.0665. The lowest BCUT2D eigenvalue weighted by Crippen LogP contribution is -2.38. The van der Waals surface area contributed by atoms with Gasteiger partial charge >= 0.3 is 6.18 Å². The summed E-state index contributed by atoms with van der Waals surface area (Å²) >= 11 is 0. The van der Waals surface area contributed by atoms with Gasteiger partial charge in [0.05, 0.1) is 7.11 Å². The highest BCUT2D eigenvalue weighted by atomic mass is 19.4. The van der Waals surface area contributed by atoms with E-state index in [0.717, 1.165) is 0 Å². The van der Waals surface area contributed by atoms with Crippen LogP contribution in [-0.4, -0.2) is 24.2 Å². The van der Waals surface area contributed by atoms with Gasteiger partial charge in [0.1, 0.15) is 11.4 Å². The third-order valence-electron chi connectivity index (χ3n) is 2.89. The lowest BCUT2D eigenvalue weighted by atomic mass is 10.1. The Bertz CT molecular complexity index is 592. The topological polar surface area (TPSA) is 54.1 Å². The molecule has 1 amide bonds. The molecule has 0 fully saturated rings. The van der Waals surface area contributed by atoms with Crippen LogP contribution in [0.3, 0.4) is 0 Å². The van der Waals surface area contributed by atoms with Gasteiger partial charge in [0.2, 0.25) is 0 Å². The zero-order valence-electron chi connectivity index (χ0n) is 11.1. The Morgan fingerprint density at radius 2 is 1.90 bits per heavy atom. The number of aromatic nitrogens is 1. The fraction of sp³-hybridized carbons (Fsp3) is 0.214. The fourth-order valence-electron chi connectivity index (χ4n) is 1.83. The molecule has 0 spiro atoms. The van der Waals surface area contributed by atoms with Gasteiger partial charge in [-0.15, -0.1) is 0 Å². The van der Waals surface area contributed by atoms with E-state index in [-0.39, 0.29) is 11.3 Å². The van der Waals surface area contributed by atoms with E-state index in [9.17, 15) is 18.0 Å². The summed E-state index contributed by atoms with van der Waals surface area (Å²) in [6.07, 6.45) is -3.14. The molecule has 2 aromatic rings. The van der Waals surface area contributed by atoms with Gasteiger partial charge in [-0.3, -0.25) is 4.79 Å². The SMILES string of the molecule is COc1ccc([C@H](NC(=O)c2ccc[nH]2)C(F)(F)F)cc1. The van der Waals surface area contributed by atoms with Gasteiger partial charge in [0, 0.05) is 6.20 Å². The minimum Gasteiger partial charge on any atom is -0.497 e. The molecule has 0 aliphatic rings. The summed E-state index contributed by atoms with van der Waals surface area (Å²) < 4.78 is 44.3. The van der Waals surface area contributed by atoms with Crippen molar-refractivity contribution in [3.8, 4) is 5.75 Å². The first-order valence-corrected chi connectivity index (χ1v) is 6.06. The van der Waals surface area contributed by atoms with Crippen LogP contribution in [0.5, 0.6) is 5.75 Å². The Kier molecular flexibility index (Phi) is 4.21. The van der Waals surface area contributed by atoms with Crippen LogP contribution in [-0.2, 0) is 0 Å². The quantitative estimate of drug-likeness (QED) is 0.911. The summed E-state index contributed by atoms with van der Waals surface area (Å²) in [4.78, 5) is 14.4. The molecular formula is C14H13F3N2O2. The second-order valence-electron chi connectivity index (χ2n) is 4.31. The Hall–Kier alpha value is -2.44. The van der Waals surface area contributed by atoms with Crippen molar-refractivity contribution in [1.82, 2.24) is 10.3 Å². The van der Waals surface area contributed by atoms with Crippen LogP contribution in [0, 0.1) is 0 Å². The van der Waals surface area contributed by atoms with Crippen molar-refractivity contribution in [3.63, 3.8) is 0 Å². The number of halogens is 3. The molecule has 1 aromatic carbocycles. The van der Waals surface area contributed by atoms with E-state index in [0.29, 0.717) is 5.75 Å². The molecule has 1 heterocycles. The molecule has 112 valence electrons. The van der Waals surface area contributed by atoms with Gasteiger partial charge < -0.3 is 15.0 Å². The summed E-state index contributed by atoms with van der Waals surface area (Å²) in [6.45, 7) is 0. The van der Waals surface area contributed by atoms with Crippen LogP contribution in [0.1, 0.15) is 22.1 Å². The van der Waals surface area contributed by atoms with Gasteiger partial charge in [-0.25, -0.2) is 0 Å². The summed E-state index contributed by atoms with van der Waals surface area (Å²) in [5.74, 6) is -0.381. The lowest BCUT2D eigenvalue weighted by molar-refractivity contribution is -0.155. The number of alkyl halides is 3. The van der Waals surface area contributed by atoms with Crippen LogP contribution in [0.15, 0.2) is 42.6 Å². The predicted octanol–water partition coefficient (Wildman–Crippen LogP) is 3.06. The van der Waals surface area contributed by atoms with Crippen LogP contribution in [0.4, 0.5) is 13.2 Å². The van der Waals surface area contributed by atoms with Crippen molar-refractivity contribution in [3.05, 3.63) is 53.9 Å². The number of methoxy groups -OCH3 is 1. The third kappa shape index (κ3) is 3.56. The number of H-pyrrole nitrogens is 1. The smallest absolute Gasteiger partial charge is 0.412 e. The molecule has 0 radical (unpaired) electrons. The molecule has 0 bridgehead atoms. The number of rotatable bonds is 4. The van der Waals surface area contributed by atoms with Crippen LogP contribution in [0.2, 0.25) is 0 Å². The van der Waals surface area contributed by atoms with Gasteiger partial charge in [-0.1, -0.05) is 12.1 Å². The van der Waals surface area contributed by atoms with Gasteiger partial charge in [0.25, 0.3) is 5.91 Å². The number of benzene rings is 1. The number of nitrogens with one attached hydrogen (secondary N) is 2. The zero-order chi connectivity index (χ0) is 15.5. The van der Waals surface area contributed by atoms with Crippen molar-refractivity contribution in [2.24, 2.45) is 0 Å². The summed E-state index contributed by atoms with van der Waals surface area (Å²) in [5, 5.41) is 1.98. The number of carbonyl (C=O) groups excluding carboxylic acids is 1. The van der Waals surface area contributed by atoms with Crippen molar-refractivity contribution < 1.29 is 22.7 Å².